The molecule has 2 N–H and O–H groups in total. The molecule has 1 rings (SSSR count). The summed E-state index contributed by atoms with van der Waals surface area (Å²) in [6.07, 6.45) is 0.886. The molecule has 6 nitrogen and oxygen atoms in total. The number of ether oxygens (including phenoxy) is 2. The van der Waals surface area contributed by atoms with Crippen LogP contribution in [0.2, 0.25) is 0 Å². The molecule has 0 saturated heterocycles. The highest BCUT2D eigenvalue weighted by atomic mass is 16.5. The van der Waals surface area contributed by atoms with E-state index in [1.807, 2.05) is 0 Å². The van der Waals surface area contributed by atoms with Crippen molar-refractivity contribution in [2.24, 2.45) is 0 Å². The first-order valence-electron chi connectivity index (χ1n) is 6.04. The molecule has 1 atom stereocenters. The molecule has 1 aromatic rings. The van der Waals surface area contributed by atoms with Gasteiger partial charge in [0.25, 0.3) is 0 Å². The fourth-order valence-corrected chi connectivity index (χ4v) is 1.40. The third-order valence-electron chi connectivity index (χ3n) is 2.30. The summed E-state index contributed by atoms with van der Waals surface area (Å²) in [5, 5.41) is 11.5. The van der Waals surface area contributed by atoms with Gasteiger partial charge < -0.3 is 19.9 Å². The number of benzene rings is 1. The molecule has 1 aromatic carbocycles. The summed E-state index contributed by atoms with van der Waals surface area (Å²) < 4.78 is 10.2. The fourth-order valence-electron chi connectivity index (χ4n) is 1.40. The van der Waals surface area contributed by atoms with Gasteiger partial charge in [-0.3, -0.25) is 0 Å². The van der Waals surface area contributed by atoms with Crippen LogP contribution >= 0.6 is 0 Å². The number of para-hydroxylation sites is 1. The molecule has 0 aromatic heterocycles. The number of hydrogen-bond acceptors (Lipinski definition) is 4. The molecular formula is C14H17NO5. The van der Waals surface area contributed by atoms with Crippen LogP contribution in [0.3, 0.4) is 0 Å². The van der Waals surface area contributed by atoms with Crippen molar-refractivity contribution < 1.29 is 24.2 Å². The van der Waals surface area contributed by atoms with Crippen LogP contribution in [0.1, 0.15) is 17.3 Å². The van der Waals surface area contributed by atoms with Gasteiger partial charge in [-0.1, -0.05) is 24.8 Å². The Labute approximate surface area is 117 Å². The number of nitrogens with one attached hydrogen (secondary N) is 1. The topological polar surface area (TPSA) is 84.9 Å². The van der Waals surface area contributed by atoms with Crippen LogP contribution in [-0.4, -0.2) is 36.4 Å². The maximum Gasteiger partial charge on any atom is 0.407 e. The second kappa shape index (κ2) is 7.83. The molecule has 1 unspecified atom stereocenters. The first kappa shape index (κ1) is 15.6. The molecule has 0 bridgehead atoms. The van der Waals surface area contributed by atoms with E-state index in [0.29, 0.717) is 0 Å². The van der Waals surface area contributed by atoms with Gasteiger partial charge in [-0.25, -0.2) is 9.59 Å². The molecule has 0 fully saturated rings. The Morgan fingerprint density at radius 1 is 1.45 bits per heavy atom. The van der Waals surface area contributed by atoms with Gasteiger partial charge in [0.05, 0.1) is 6.04 Å². The summed E-state index contributed by atoms with van der Waals surface area (Å²) >= 11 is 0. The van der Waals surface area contributed by atoms with Crippen molar-refractivity contribution >= 4 is 12.1 Å². The molecule has 0 radical (unpaired) electrons. The first-order chi connectivity index (χ1) is 9.54. The van der Waals surface area contributed by atoms with Crippen LogP contribution < -0.4 is 10.1 Å². The molecule has 0 heterocycles. The van der Waals surface area contributed by atoms with Crippen molar-refractivity contribution in [3.8, 4) is 5.75 Å². The van der Waals surface area contributed by atoms with Crippen molar-refractivity contribution in [1.29, 1.82) is 0 Å². The first-order valence-corrected chi connectivity index (χ1v) is 6.04. The third-order valence-corrected chi connectivity index (χ3v) is 2.30. The highest BCUT2D eigenvalue weighted by molar-refractivity contribution is 5.90. The van der Waals surface area contributed by atoms with E-state index < -0.39 is 12.1 Å². The Morgan fingerprint density at radius 2 is 2.15 bits per heavy atom. The standard InChI is InChI=1S/C14H17NO5/c1-3-8-19-14(18)15-10(2)9-20-12-7-5-4-6-11(12)13(16)17/h3-7,10H,1,8-9H2,2H3,(H,15,18)(H,16,17). The zero-order chi connectivity index (χ0) is 15.0. The zero-order valence-corrected chi connectivity index (χ0v) is 11.2. The van der Waals surface area contributed by atoms with Gasteiger partial charge in [-0.15, -0.1) is 0 Å². The van der Waals surface area contributed by atoms with Crippen molar-refractivity contribution in [3.63, 3.8) is 0 Å². The second-order valence-electron chi connectivity index (χ2n) is 4.04. The molecule has 0 saturated carbocycles. The smallest absolute Gasteiger partial charge is 0.407 e. The number of hydrogen-bond donors (Lipinski definition) is 2. The summed E-state index contributed by atoms with van der Waals surface area (Å²) in [6.45, 7) is 5.41. The lowest BCUT2D eigenvalue weighted by molar-refractivity contribution is 0.0691. The van der Waals surface area contributed by atoms with Crippen molar-refractivity contribution in [2.75, 3.05) is 13.2 Å². The number of carbonyl (C=O) groups excluding carboxylic acids is 1. The normalized spacial score (nSPS) is 11.2. The van der Waals surface area contributed by atoms with Crippen LogP contribution in [0, 0.1) is 0 Å². The van der Waals surface area contributed by atoms with Gasteiger partial charge in [-0.2, -0.15) is 0 Å². The number of rotatable bonds is 7. The Kier molecular flexibility index (Phi) is 6.09. The predicted molar refractivity (Wildman–Crippen MR) is 73.0 cm³/mol. The summed E-state index contributed by atoms with van der Waals surface area (Å²) in [4.78, 5) is 22.3. The summed E-state index contributed by atoms with van der Waals surface area (Å²) in [5.74, 6) is -0.806. The molecule has 0 aliphatic rings. The highest BCUT2D eigenvalue weighted by Crippen LogP contribution is 2.17. The molecule has 0 aliphatic heterocycles. The SMILES string of the molecule is C=CCOC(=O)NC(C)COc1ccccc1C(=O)O. The van der Waals surface area contributed by atoms with Gasteiger partial charge in [0, 0.05) is 0 Å². The quantitative estimate of drug-likeness (QED) is 0.746. The number of aromatic carboxylic acids is 1. The molecule has 20 heavy (non-hydrogen) atoms. The second-order valence-corrected chi connectivity index (χ2v) is 4.04. The number of carboxylic acid groups (broad SMARTS) is 1. The summed E-state index contributed by atoms with van der Waals surface area (Å²) in [5.41, 5.74) is 0.0777. The van der Waals surface area contributed by atoms with Crippen molar-refractivity contribution in [2.45, 2.75) is 13.0 Å². The van der Waals surface area contributed by atoms with E-state index in [9.17, 15) is 9.59 Å². The molecular weight excluding hydrogens is 262 g/mol. The van der Waals surface area contributed by atoms with E-state index in [1.165, 1.54) is 12.1 Å². The van der Waals surface area contributed by atoms with Crippen LogP contribution in [0.5, 0.6) is 5.75 Å². The van der Waals surface area contributed by atoms with Gasteiger partial charge in [0.1, 0.15) is 24.5 Å². The molecule has 0 aliphatic carbocycles. The van der Waals surface area contributed by atoms with Crippen LogP contribution in [0.4, 0.5) is 4.79 Å². The highest BCUT2D eigenvalue weighted by Gasteiger charge is 2.13. The molecule has 1 amide bonds. The minimum atomic E-state index is -1.06. The predicted octanol–water partition coefficient (Wildman–Crippen LogP) is 2.06. The molecule has 108 valence electrons. The maximum absolute atomic E-state index is 11.3. The van der Waals surface area contributed by atoms with Gasteiger partial charge in [-0.05, 0) is 19.1 Å². The van der Waals surface area contributed by atoms with E-state index in [0.717, 1.165) is 0 Å². The monoisotopic (exact) mass is 279 g/mol. The lowest BCUT2D eigenvalue weighted by Crippen LogP contribution is -2.37. The van der Waals surface area contributed by atoms with Gasteiger partial charge >= 0.3 is 12.1 Å². The van der Waals surface area contributed by atoms with Crippen LogP contribution in [0.15, 0.2) is 36.9 Å². The Bertz CT molecular complexity index is 486. The average Bonchev–Trinajstić information content (AvgIpc) is 2.43. The number of alkyl carbamates (subject to hydrolysis) is 1. The van der Waals surface area contributed by atoms with Gasteiger partial charge in [0.2, 0.25) is 0 Å². The van der Waals surface area contributed by atoms with E-state index in [2.05, 4.69) is 11.9 Å². The van der Waals surface area contributed by atoms with Crippen molar-refractivity contribution in [1.82, 2.24) is 5.32 Å². The minimum Gasteiger partial charge on any atom is -0.491 e. The maximum atomic E-state index is 11.3. The van der Waals surface area contributed by atoms with Gasteiger partial charge in [0.15, 0.2) is 0 Å². The lowest BCUT2D eigenvalue weighted by Gasteiger charge is -2.15. The molecule has 0 spiro atoms. The number of amides is 1. The number of carbonyl (C=O) groups is 2. The van der Waals surface area contributed by atoms with E-state index in [1.54, 1.807) is 25.1 Å². The van der Waals surface area contributed by atoms with E-state index in [-0.39, 0.29) is 30.6 Å². The van der Waals surface area contributed by atoms with E-state index >= 15 is 0 Å². The van der Waals surface area contributed by atoms with E-state index in [4.69, 9.17) is 14.6 Å². The minimum absolute atomic E-state index is 0.0777. The average molecular weight is 279 g/mol. The Hall–Kier alpha value is -2.50. The van der Waals surface area contributed by atoms with Crippen LogP contribution in [0.25, 0.3) is 0 Å². The van der Waals surface area contributed by atoms with Crippen LogP contribution in [-0.2, 0) is 4.74 Å². The lowest BCUT2D eigenvalue weighted by atomic mass is 10.2. The Balaban J connectivity index is 2.49. The third kappa shape index (κ3) is 5.01. The zero-order valence-electron chi connectivity index (χ0n) is 11.2. The summed E-state index contributed by atoms with van der Waals surface area (Å²) in [7, 11) is 0. The Morgan fingerprint density at radius 3 is 2.80 bits per heavy atom. The number of carboxylic acids is 1. The van der Waals surface area contributed by atoms with Crippen molar-refractivity contribution in [3.05, 3.63) is 42.5 Å². The summed E-state index contributed by atoms with van der Waals surface area (Å²) in [6, 6.07) is 5.98. The largest absolute Gasteiger partial charge is 0.491 e. The fraction of sp³-hybridized carbons (Fsp3) is 0.286. The molecule has 6 heteroatoms.